The fourth-order valence-corrected chi connectivity index (χ4v) is 3.66. The van der Waals surface area contributed by atoms with Gasteiger partial charge in [0.2, 0.25) is 0 Å². The number of nitrogens with one attached hydrogen (secondary N) is 2. The normalized spacial score (nSPS) is 21.9. The van der Waals surface area contributed by atoms with Gasteiger partial charge in [-0.1, -0.05) is 32.9 Å². The van der Waals surface area contributed by atoms with Crippen molar-refractivity contribution in [1.82, 2.24) is 15.2 Å². The highest BCUT2D eigenvalue weighted by Crippen LogP contribution is 2.26. The first kappa shape index (κ1) is 18.0. The van der Waals surface area contributed by atoms with E-state index in [1.807, 2.05) is 23.2 Å². The number of H-pyrrole nitrogens is 1. The first-order valence-electron chi connectivity index (χ1n) is 9.06. The van der Waals surface area contributed by atoms with E-state index in [0.717, 1.165) is 24.0 Å². The molecular formula is C20H29N3O2. The zero-order valence-electron chi connectivity index (χ0n) is 15.4. The molecule has 0 bridgehead atoms. The number of amides is 1. The van der Waals surface area contributed by atoms with E-state index >= 15 is 0 Å². The number of fused-ring (bicyclic) bond motifs is 1. The van der Waals surface area contributed by atoms with E-state index in [-0.39, 0.29) is 17.9 Å². The Morgan fingerprint density at radius 1 is 1.32 bits per heavy atom. The summed E-state index contributed by atoms with van der Waals surface area (Å²) in [4.78, 5) is 17.8. The number of likely N-dealkylation sites (tertiary alicyclic amines) is 1. The molecule has 1 fully saturated rings. The maximum atomic E-state index is 12.8. The van der Waals surface area contributed by atoms with Crippen molar-refractivity contribution in [3.63, 3.8) is 0 Å². The average Bonchev–Trinajstić information content (AvgIpc) is 3.00. The van der Waals surface area contributed by atoms with Crippen molar-refractivity contribution < 1.29 is 9.90 Å². The summed E-state index contributed by atoms with van der Waals surface area (Å²) >= 11 is 0. The van der Waals surface area contributed by atoms with Crippen LogP contribution in [0.2, 0.25) is 0 Å². The summed E-state index contributed by atoms with van der Waals surface area (Å²) in [6.45, 7) is 8.67. The van der Waals surface area contributed by atoms with Crippen LogP contribution in [0.5, 0.6) is 0 Å². The summed E-state index contributed by atoms with van der Waals surface area (Å²) < 4.78 is 0. The van der Waals surface area contributed by atoms with Crippen LogP contribution in [0.15, 0.2) is 30.5 Å². The molecule has 0 saturated carbocycles. The second-order valence-corrected chi connectivity index (χ2v) is 8.38. The third kappa shape index (κ3) is 4.05. The van der Waals surface area contributed by atoms with Crippen LogP contribution in [0.1, 0.15) is 39.2 Å². The van der Waals surface area contributed by atoms with Crippen molar-refractivity contribution in [2.45, 2.75) is 45.8 Å². The average molecular weight is 343 g/mol. The minimum Gasteiger partial charge on any atom is -0.379 e. The number of benzene rings is 1. The molecule has 3 rings (SSSR count). The molecular weight excluding hydrogens is 314 g/mol. The molecule has 1 aliphatic heterocycles. The number of piperidine rings is 1. The van der Waals surface area contributed by atoms with Crippen molar-refractivity contribution in [3.8, 4) is 0 Å². The van der Waals surface area contributed by atoms with Crippen LogP contribution in [0.3, 0.4) is 0 Å². The SMILES string of the molecule is CC(C)(C)CN1CCC[C@](O)(CNCc2cccc3[nH]ccc23)C1=O. The van der Waals surface area contributed by atoms with Crippen molar-refractivity contribution in [1.29, 1.82) is 0 Å². The van der Waals surface area contributed by atoms with Gasteiger partial charge >= 0.3 is 0 Å². The number of carbonyl (C=O) groups is 1. The summed E-state index contributed by atoms with van der Waals surface area (Å²) in [5.74, 6) is -0.138. The van der Waals surface area contributed by atoms with Gasteiger partial charge in [-0.05, 0) is 36.0 Å². The van der Waals surface area contributed by atoms with Gasteiger partial charge in [0.1, 0.15) is 0 Å². The Hall–Kier alpha value is -1.85. The van der Waals surface area contributed by atoms with E-state index in [1.165, 1.54) is 5.39 Å². The van der Waals surface area contributed by atoms with E-state index in [4.69, 9.17) is 0 Å². The van der Waals surface area contributed by atoms with E-state index in [1.54, 1.807) is 0 Å². The first-order valence-corrected chi connectivity index (χ1v) is 9.06. The lowest BCUT2D eigenvalue weighted by Crippen LogP contribution is -2.59. The van der Waals surface area contributed by atoms with Crippen molar-refractivity contribution >= 4 is 16.8 Å². The number of nitrogens with zero attached hydrogens (tertiary/aromatic N) is 1. The summed E-state index contributed by atoms with van der Waals surface area (Å²) in [6.07, 6.45) is 3.29. The Morgan fingerprint density at radius 3 is 2.88 bits per heavy atom. The molecule has 1 aromatic heterocycles. The van der Waals surface area contributed by atoms with Gasteiger partial charge in [0.25, 0.3) is 5.91 Å². The predicted molar refractivity (Wildman–Crippen MR) is 100 cm³/mol. The molecule has 1 amide bonds. The third-order valence-corrected chi connectivity index (χ3v) is 4.79. The van der Waals surface area contributed by atoms with Crippen molar-refractivity contribution in [3.05, 3.63) is 36.0 Å². The molecule has 2 aromatic rings. The number of carbonyl (C=O) groups excluding carboxylic acids is 1. The van der Waals surface area contributed by atoms with E-state index in [2.05, 4.69) is 43.2 Å². The molecule has 0 radical (unpaired) electrons. The van der Waals surface area contributed by atoms with Crippen LogP contribution >= 0.6 is 0 Å². The number of aromatic amines is 1. The summed E-state index contributed by atoms with van der Waals surface area (Å²) in [5, 5.41) is 15.4. The monoisotopic (exact) mass is 343 g/mol. The zero-order chi connectivity index (χ0) is 18.1. The molecule has 1 saturated heterocycles. The molecule has 0 spiro atoms. The van der Waals surface area contributed by atoms with Crippen LogP contribution < -0.4 is 5.32 Å². The van der Waals surface area contributed by atoms with Gasteiger partial charge in [0.05, 0.1) is 0 Å². The van der Waals surface area contributed by atoms with Crippen LogP contribution in [0.4, 0.5) is 0 Å². The molecule has 2 heterocycles. The van der Waals surface area contributed by atoms with Gasteiger partial charge in [-0.25, -0.2) is 0 Å². The zero-order valence-corrected chi connectivity index (χ0v) is 15.4. The lowest BCUT2D eigenvalue weighted by atomic mass is 9.88. The molecule has 25 heavy (non-hydrogen) atoms. The molecule has 136 valence electrons. The second-order valence-electron chi connectivity index (χ2n) is 8.38. The van der Waals surface area contributed by atoms with Gasteiger partial charge in [0, 0.05) is 43.3 Å². The molecule has 1 aromatic carbocycles. The van der Waals surface area contributed by atoms with Gasteiger partial charge in [-0.2, -0.15) is 0 Å². The van der Waals surface area contributed by atoms with Gasteiger partial charge in [0.15, 0.2) is 5.60 Å². The number of hydrogen-bond acceptors (Lipinski definition) is 3. The van der Waals surface area contributed by atoms with Crippen molar-refractivity contribution in [2.75, 3.05) is 19.6 Å². The van der Waals surface area contributed by atoms with Gasteiger partial charge in [-0.3, -0.25) is 4.79 Å². The minimum atomic E-state index is -1.30. The van der Waals surface area contributed by atoms with Gasteiger partial charge in [-0.15, -0.1) is 0 Å². The Morgan fingerprint density at radius 2 is 2.12 bits per heavy atom. The Balaban J connectivity index is 1.63. The largest absolute Gasteiger partial charge is 0.379 e. The Kier molecular flexibility index (Phi) is 4.89. The minimum absolute atomic E-state index is 0.0330. The molecule has 5 nitrogen and oxygen atoms in total. The highest BCUT2D eigenvalue weighted by atomic mass is 16.3. The summed E-state index contributed by atoms with van der Waals surface area (Å²) in [6, 6.07) is 8.18. The fourth-order valence-electron chi connectivity index (χ4n) is 3.66. The molecule has 5 heteroatoms. The van der Waals surface area contributed by atoms with Crippen LogP contribution in [0.25, 0.3) is 10.9 Å². The smallest absolute Gasteiger partial charge is 0.255 e. The number of hydrogen-bond donors (Lipinski definition) is 3. The van der Waals surface area contributed by atoms with Crippen LogP contribution in [-0.2, 0) is 11.3 Å². The van der Waals surface area contributed by atoms with Crippen LogP contribution in [-0.4, -0.2) is 46.1 Å². The number of rotatable bonds is 5. The lowest BCUT2D eigenvalue weighted by Gasteiger charge is -2.41. The van der Waals surface area contributed by atoms with Gasteiger partial charge < -0.3 is 20.3 Å². The summed E-state index contributed by atoms with van der Waals surface area (Å²) in [7, 11) is 0. The standard InChI is InChI=1S/C20H29N3O2/c1-19(2,3)14-23-11-5-9-20(25,18(23)24)13-21-12-15-6-4-7-17-16(15)8-10-22-17/h4,6-8,10,21-22,25H,5,9,11-14H2,1-3H3/t20-/m0/s1. The fraction of sp³-hybridized carbons (Fsp3) is 0.550. The van der Waals surface area contributed by atoms with E-state index in [0.29, 0.717) is 19.5 Å². The lowest BCUT2D eigenvalue weighted by molar-refractivity contribution is -0.158. The van der Waals surface area contributed by atoms with Crippen molar-refractivity contribution in [2.24, 2.45) is 5.41 Å². The molecule has 0 unspecified atom stereocenters. The molecule has 1 atom stereocenters. The van der Waals surface area contributed by atoms with Crippen LogP contribution in [0, 0.1) is 5.41 Å². The first-order chi connectivity index (χ1) is 11.8. The maximum Gasteiger partial charge on any atom is 0.255 e. The molecule has 0 aliphatic carbocycles. The quantitative estimate of drug-likeness (QED) is 0.782. The maximum absolute atomic E-state index is 12.8. The topological polar surface area (TPSA) is 68.4 Å². The molecule has 1 aliphatic rings. The number of aromatic nitrogens is 1. The second kappa shape index (κ2) is 6.81. The highest BCUT2D eigenvalue weighted by Gasteiger charge is 2.42. The Labute approximate surface area is 149 Å². The summed E-state index contributed by atoms with van der Waals surface area (Å²) in [5.41, 5.74) is 1.00. The third-order valence-electron chi connectivity index (χ3n) is 4.79. The predicted octanol–water partition coefficient (Wildman–Crippen LogP) is 2.66. The van der Waals surface area contributed by atoms with E-state index in [9.17, 15) is 9.90 Å². The Bertz CT molecular complexity index is 747. The molecule has 3 N–H and O–H groups in total. The number of aliphatic hydroxyl groups is 1. The van der Waals surface area contributed by atoms with E-state index < -0.39 is 5.60 Å². The highest BCUT2D eigenvalue weighted by molar-refractivity contribution is 5.86.